The maximum absolute atomic E-state index is 13.2. The van der Waals surface area contributed by atoms with E-state index in [2.05, 4.69) is 10.7 Å². The SMILES string of the molecule is O=C(Nc1cc(F)cc(F)c1)Nn1c(=O)c(=O)cc(O)c2ccccc21. The molecule has 0 aliphatic carbocycles. The summed E-state index contributed by atoms with van der Waals surface area (Å²) in [5, 5.41) is 12.2. The number of urea groups is 1. The number of anilines is 1. The van der Waals surface area contributed by atoms with Gasteiger partial charge in [-0.3, -0.25) is 9.59 Å². The number of nitrogens with one attached hydrogen (secondary N) is 2. The third kappa shape index (κ3) is 3.36. The Labute approximate surface area is 144 Å². The number of fused-ring (bicyclic) bond motifs is 1. The van der Waals surface area contributed by atoms with Crippen molar-refractivity contribution < 1.29 is 18.7 Å². The summed E-state index contributed by atoms with van der Waals surface area (Å²) >= 11 is 0. The highest BCUT2D eigenvalue weighted by molar-refractivity contribution is 5.96. The largest absolute Gasteiger partial charge is 0.507 e. The van der Waals surface area contributed by atoms with Crippen LogP contribution >= 0.6 is 0 Å². The molecule has 2 aromatic carbocycles. The van der Waals surface area contributed by atoms with E-state index in [-0.39, 0.29) is 16.6 Å². The first kappa shape index (κ1) is 17.1. The van der Waals surface area contributed by atoms with Gasteiger partial charge in [0.05, 0.1) is 5.52 Å². The molecule has 1 heterocycles. The van der Waals surface area contributed by atoms with Gasteiger partial charge in [0, 0.05) is 23.2 Å². The average Bonchev–Trinajstić information content (AvgIpc) is 2.65. The quantitative estimate of drug-likeness (QED) is 0.610. The van der Waals surface area contributed by atoms with Crippen molar-refractivity contribution in [1.29, 1.82) is 0 Å². The number of para-hydroxylation sites is 1. The van der Waals surface area contributed by atoms with Crippen LogP contribution in [-0.2, 0) is 0 Å². The molecule has 7 nitrogen and oxygen atoms in total. The lowest BCUT2D eigenvalue weighted by atomic mass is 10.2. The summed E-state index contributed by atoms with van der Waals surface area (Å²) in [7, 11) is 0. The number of hydrogen-bond acceptors (Lipinski definition) is 4. The molecule has 0 saturated heterocycles. The Balaban J connectivity index is 2.05. The van der Waals surface area contributed by atoms with Gasteiger partial charge in [0.1, 0.15) is 17.4 Å². The highest BCUT2D eigenvalue weighted by Crippen LogP contribution is 2.20. The third-order valence-corrected chi connectivity index (χ3v) is 3.44. The van der Waals surface area contributed by atoms with Crippen LogP contribution in [0.1, 0.15) is 0 Å². The van der Waals surface area contributed by atoms with Gasteiger partial charge in [-0.05, 0) is 24.3 Å². The maximum Gasteiger partial charge on any atom is 0.338 e. The van der Waals surface area contributed by atoms with E-state index in [4.69, 9.17) is 0 Å². The number of carbonyl (C=O) groups is 1. The Morgan fingerprint density at radius 2 is 1.65 bits per heavy atom. The molecule has 132 valence electrons. The van der Waals surface area contributed by atoms with Gasteiger partial charge in [-0.1, -0.05) is 12.1 Å². The van der Waals surface area contributed by atoms with Crippen molar-refractivity contribution in [3.05, 3.63) is 80.7 Å². The minimum absolute atomic E-state index is 0.0534. The fraction of sp³-hybridized carbons (Fsp3) is 0. The number of aromatic nitrogens is 1. The Morgan fingerprint density at radius 3 is 2.35 bits per heavy atom. The van der Waals surface area contributed by atoms with Crippen molar-refractivity contribution in [3.63, 3.8) is 0 Å². The lowest BCUT2D eigenvalue weighted by molar-refractivity contribution is 0.260. The van der Waals surface area contributed by atoms with Crippen molar-refractivity contribution in [2.24, 2.45) is 0 Å². The molecule has 0 saturated carbocycles. The summed E-state index contributed by atoms with van der Waals surface area (Å²) < 4.78 is 27.0. The Bertz CT molecular complexity index is 1120. The van der Waals surface area contributed by atoms with Gasteiger partial charge >= 0.3 is 11.6 Å². The predicted octanol–water partition coefficient (Wildman–Crippen LogP) is 2.12. The first-order valence-electron chi connectivity index (χ1n) is 7.27. The molecular formula is C17H11F2N3O4. The lowest BCUT2D eigenvalue weighted by Crippen LogP contribution is -2.40. The molecule has 2 amide bonds. The zero-order valence-electron chi connectivity index (χ0n) is 13.0. The number of amides is 2. The van der Waals surface area contributed by atoms with Crippen LogP contribution in [0.2, 0.25) is 0 Å². The van der Waals surface area contributed by atoms with Crippen molar-refractivity contribution in [2.75, 3.05) is 10.7 Å². The van der Waals surface area contributed by atoms with Crippen molar-refractivity contribution in [1.82, 2.24) is 4.68 Å². The van der Waals surface area contributed by atoms with Gasteiger partial charge < -0.3 is 10.4 Å². The van der Waals surface area contributed by atoms with E-state index in [1.807, 2.05) is 0 Å². The molecular weight excluding hydrogens is 348 g/mol. The number of carbonyl (C=O) groups excluding carboxylic acids is 1. The van der Waals surface area contributed by atoms with Crippen LogP contribution < -0.4 is 21.7 Å². The van der Waals surface area contributed by atoms with Crippen LogP contribution in [-0.4, -0.2) is 15.8 Å². The van der Waals surface area contributed by atoms with Crippen LogP contribution in [0, 0.1) is 11.6 Å². The standard InChI is InChI=1S/C17H11F2N3O4/c18-9-5-10(19)7-11(6-9)20-17(26)21-22-13-4-2-1-3-12(13)14(23)8-15(24)16(22)25/h1-8,23H,(H2,20,21,26). The molecule has 0 spiro atoms. The molecule has 9 heteroatoms. The Hall–Kier alpha value is -3.75. The van der Waals surface area contributed by atoms with Gasteiger partial charge in [0.2, 0.25) is 5.43 Å². The highest BCUT2D eigenvalue weighted by atomic mass is 19.1. The number of nitrogens with zero attached hydrogens (tertiary/aromatic N) is 1. The maximum atomic E-state index is 13.2. The molecule has 26 heavy (non-hydrogen) atoms. The summed E-state index contributed by atoms with van der Waals surface area (Å²) in [5.74, 6) is -2.24. The lowest BCUT2D eigenvalue weighted by Gasteiger charge is -2.10. The highest BCUT2D eigenvalue weighted by Gasteiger charge is 2.12. The monoisotopic (exact) mass is 359 g/mol. The van der Waals surface area contributed by atoms with Crippen LogP contribution in [0.5, 0.6) is 5.75 Å². The van der Waals surface area contributed by atoms with E-state index in [1.54, 1.807) is 6.07 Å². The number of hydrogen-bond donors (Lipinski definition) is 3. The average molecular weight is 359 g/mol. The van der Waals surface area contributed by atoms with Crippen molar-refractivity contribution in [3.8, 4) is 5.75 Å². The topological polar surface area (TPSA) is 100 Å². The summed E-state index contributed by atoms with van der Waals surface area (Å²) in [4.78, 5) is 36.1. The van der Waals surface area contributed by atoms with E-state index < -0.39 is 34.4 Å². The van der Waals surface area contributed by atoms with Crippen molar-refractivity contribution in [2.45, 2.75) is 0 Å². The van der Waals surface area contributed by atoms with Crippen molar-refractivity contribution >= 4 is 22.6 Å². The van der Waals surface area contributed by atoms with Gasteiger partial charge in [-0.2, -0.15) is 0 Å². The number of benzene rings is 2. The van der Waals surface area contributed by atoms with E-state index >= 15 is 0 Å². The Kier molecular flexibility index (Phi) is 4.36. The molecule has 0 bridgehead atoms. The van der Waals surface area contributed by atoms with Crippen LogP contribution in [0.15, 0.2) is 58.1 Å². The van der Waals surface area contributed by atoms with E-state index in [0.29, 0.717) is 10.7 Å². The minimum Gasteiger partial charge on any atom is -0.507 e. The molecule has 0 fully saturated rings. The molecule has 3 rings (SSSR count). The Morgan fingerprint density at radius 1 is 1.00 bits per heavy atom. The fourth-order valence-corrected chi connectivity index (χ4v) is 2.37. The first-order chi connectivity index (χ1) is 12.3. The molecule has 1 aromatic heterocycles. The normalized spacial score (nSPS) is 10.5. The molecule has 0 atom stereocenters. The van der Waals surface area contributed by atoms with Crippen LogP contribution in [0.4, 0.5) is 19.3 Å². The minimum atomic E-state index is -1.12. The number of aromatic hydroxyl groups is 1. The fourth-order valence-electron chi connectivity index (χ4n) is 2.37. The summed E-state index contributed by atoms with van der Waals surface area (Å²) in [6.45, 7) is 0. The summed E-state index contributed by atoms with van der Waals surface area (Å²) in [6, 6.07) is 8.04. The van der Waals surface area contributed by atoms with E-state index in [0.717, 1.165) is 18.2 Å². The second-order valence-corrected chi connectivity index (χ2v) is 5.28. The van der Waals surface area contributed by atoms with E-state index in [9.17, 15) is 28.3 Å². The molecule has 3 N–H and O–H groups in total. The second-order valence-electron chi connectivity index (χ2n) is 5.28. The molecule has 0 aliphatic rings. The molecule has 0 aliphatic heterocycles. The summed E-state index contributed by atoms with van der Waals surface area (Å²) in [5.41, 5.74) is -0.194. The van der Waals surface area contributed by atoms with Crippen LogP contribution in [0.3, 0.4) is 0 Å². The zero-order valence-corrected chi connectivity index (χ0v) is 13.0. The first-order valence-corrected chi connectivity index (χ1v) is 7.27. The van der Waals surface area contributed by atoms with E-state index in [1.165, 1.54) is 18.2 Å². The second kappa shape index (κ2) is 6.63. The summed E-state index contributed by atoms with van der Waals surface area (Å²) in [6.07, 6.45) is 0. The van der Waals surface area contributed by atoms with Crippen LogP contribution in [0.25, 0.3) is 10.9 Å². The predicted molar refractivity (Wildman–Crippen MR) is 90.9 cm³/mol. The molecule has 3 aromatic rings. The van der Waals surface area contributed by atoms with Gasteiger partial charge in [-0.25, -0.2) is 23.7 Å². The van der Waals surface area contributed by atoms with Gasteiger partial charge in [0.25, 0.3) is 0 Å². The number of rotatable bonds is 2. The zero-order chi connectivity index (χ0) is 18.8. The number of halogens is 2. The van der Waals surface area contributed by atoms with Gasteiger partial charge in [0.15, 0.2) is 0 Å². The van der Waals surface area contributed by atoms with Gasteiger partial charge in [-0.15, -0.1) is 0 Å². The molecule has 0 unspecified atom stereocenters. The third-order valence-electron chi connectivity index (χ3n) is 3.44. The molecule has 0 radical (unpaired) electrons. The smallest absolute Gasteiger partial charge is 0.338 e.